The summed E-state index contributed by atoms with van der Waals surface area (Å²) in [5.74, 6) is -0.155. The van der Waals surface area contributed by atoms with E-state index in [2.05, 4.69) is 32.0 Å². The number of esters is 1. The number of carbonyl (C=O) groups is 1. The van der Waals surface area contributed by atoms with Crippen molar-refractivity contribution in [2.75, 3.05) is 6.61 Å². The van der Waals surface area contributed by atoms with Gasteiger partial charge in [-0.25, -0.2) is 4.98 Å². The zero-order valence-electron chi connectivity index (χ0n) is 13.9. The summed E-state index contributed by atoms with van der Waals surface area (Å²) in [6, 6.07) is 6.38. The van der Waals surface area contributed by atoms with Crippen LogP contribution in [0.25, 0.3) is 10.9 Å². The summed E-state index contributed by atoms with van der Waals surface area (Å²) >= 11 is 1.51. The first-order chi connectivity index (χ1) is 10.5. The molecule has 1 aromatic heterocycles. The minimum absolute atomic E-state index is 0.155. The van der Waals surface area contributed by atoms with E-state index >= 15 is 0 Å². The average Bonchev–Trinajstić information content (AvgIpc) is 2.49. The Hall–Kier alpha value is -1.55. The van der Waals surface area contributed by atoms with E-state index in [1.165, 1.54) is 22.9 Å². The Labute approximate surface area is 136 Å². The van der Waals surface area contributed by atoms with Crippen molar-refractivity contribution in [2.24, 2.45) is 0 Å². The number of aromatic nitrogens is 1. The summed E-state index contributed by atoms with van der Waals surface area (Å²) in [5.41, 5.74) is 4.55. The Morgan fingerprint density at radius 3 is 2.59 bits per heavy atom. The van der Waals surface area contributed by atoms with Gasteiger partial charge in [0.1, 0.15) is 10.3 Å². The summed E-state index contributed by atoms with van der Waals surface area (Å²) in [4.78, 5) is 16.8. The van der Waals surface area contributed by atoms with E-state index in [1.807, 2.05) is 20.8 Å². The van der Waals surface area contributed by atoms with Gasteiger partial charge in [0.15, 0.2) is 0 Å². The predicted octanol–water partition coefficient (Wildman–Crippen LogP) is 4.59. The summed E-state index contributed by atoms with van der Waals surface area (Å²) in [5, 5.41) is 1.86. The molecule has 22 heavy (non-hydrogen) atoms. The van der Waals surface area contributed by atoms with Crippen LogP contribution in [0.15, 0.2) is 23.2 Å². The van der Waals surface area contributed by atoms with Gasteiger partial charge in [-0.2, -0.15) is 0 Å². The number of ether oxygens (including phenoxy) is 1. The molecule has 0 saturated carbocycles. The van der Waals surface area contributed by atoms with Crippen LogP contribution < -0.4 is 0 Å². The number of aryl methyl sites for hydroxylation is 3. The Balaban J connectivity index is 2.40. The molecule has 0 saturated heterocycles. The predicted molar refractivity (Wildman–Crippen MR) is 92.5 cm³/mol. The molecular weight excluding hydrogens is 294 g/mol. The Kier molecular flexibility index (Phi) is 5.46. The van der Waals surface area contributed by atoms with Crippen molar-refractivity contribution in [3.05, 3.63) is 34.9 Å². The van der Waals surface area contributed by atoms with E-state index in [9.17, 15) is 4.79 Å². The molecule has 1 aromatic carbocycles. The molecule has 0 radical (unpaired) electrons. The highest BCUT2D eigenvalue weighted by Gasteiger charge is 2.21. The molecule has 2 aromatic rings. The van der Waals surface area contributed by atoms with Crippen LogP contribution in [0, 0.1) is 20.8 Å². The maximum Gasteiger partial charge on any atom is 0.319 e. The number of nitrogens with zero attached hydrogens (tertiary/aromatic N) is 1. The molecule has 0 amide bonds. The lowest BCUT2D eigenvalue weighted by Gasteiger charge is -2.15. The van der Waals surface area contributed by atoms with Crippen molar-refractivity contribution in [1.29, 1.82) is 0 Å². The van der Waals surface area contributed by atoms with Crippen LogP contribution in [-0.2, 0) is 9.53 Å². The summed E-state index contributed by atoms with van der Waals surface area (Å²) in [7, 11) is 0. The smallest absolute Gasteiger partial charge is 0.319 e. The first-order valence-electron chi connectivity index (χ1n) is 7.68. The second-order valence-corrected chi connectivity index (χ2v) is 6.65. The molecule has 118 valence electrons. The molecule has 0 aliphatic heterocycles. The van der Waals surface area contributed by atoms with Crippen molar-refractivity contribution >= 4 is 28.6 Å². The minimum atomic E-state index is -0.200. The van der Waals surface area contributed by atoms with Gasteiger partial charge in [0.25, 0.3) is 0 Å². The lowest BCUT2D eigenvalue weighted by Crippen LogP contribution is -2.19. The first-order valence-corrected chi connectivity index (χ1v) is 8.56. The highest BCUT2D eigenvalue weighted by Crippen LogP contribution is 2.31. The zero-order valence-corrected chi connectivity index (χ0v) is 14.7. The highest BCUT2D eigenvalue weighted by atomic mass is 32.2. The number of benzene rings is 1. The van der Waals surface area contributed by atoms with Crippen LogP contribution in [0.5, 0.6) is 0 Å². The fraction of sp³-hybridized carbons (Fsp3) is 0.444. The molecule has 0 aliphatic carbocycles. The van der Waals surface area contributed by atoms with Crippen LogP contribution in [0.4, 0.5) is 0 Å². The normalized spacial score (nSPS) is 12.4. The van der Waals surface area contributed by atoms with E-state index in [0.717, 1.165) is 27.9 Å². The third kappa shape index (κ3) is 3.43. The number of hydrogen-bond acceptors (Lipinski definition) is 4. The van der Waals surface area contributed by atoms with Gasteiger partial charge in [0, 0.05) is 5.39 Å². The Morgan fingerprint density at radius 1 is 1.23 bits per heavy atom. The van der Waals surface area contributed by atoms with E-state index in [-0.39, 0.29) is 11.2 Å². The van der Waals surface area contributed by atoms with Crippen LogP contribution in [0.2, 0.25) is 0 Å². The van der Waals surface area contributed by atoms with Crippen molar-refractivity contribution in [3.8, 4) is 0 Å². The van der Waals surface area contributed by atoms with Crippen LogP contribution in [0.1, 0.15) is 37.0 Å². The largest absolute Gasteiger partial charge is 0.465 e. The van der Waals surface area contributed by atoms with Gasteiger partial charge in [-0.3, -0.25) is 4.79 Å². The number of pyridine rings is 1. The lowest BCUT2D eigenvalue weighted by molar-refractivity contribution is -0.142. The fourth-order valence-corrected chi connectivity index (χ4v) is 3.35. The molecule has 0 spiro atoms. The van der Waals surface area contributed by atoms with Gasteiger partial charge in [0.05, 0.1) is 12.1 Å². The zero-order chi connectivity index (χ0) is 16.3. The highest BCUT2D eigenvalue weighted by molar-refractivity contribution is 8.00. The van der Waals surface area contributed by atoms with Crippen molar-refractivity contribution in [1.82, 2.24) is 4.98 Å². The molecule has 4 heteroatoms. The third-order valence-corrected chi connectivity index (χ3v) is 5.28. The molecule has 2 rings (SSSR count). The average molecular weight is 317 g/mol. The van der Waals surface area contributed by atoms with Gasteiger partial charge in [0.2, 0.25) is 0 Å². The molecular formula is C18H23NO2S. The number of hydrogen-bond donors (Lipinski definition) is 0. The quantitative estimate of drug-likeness (QED) is 0.597. The van der Waals surface area contributed by atoms with Gasteiger partial charge in [-0.05, 0) is 56.9 Å². The Morgan fingerprint density at radius 2 is 1.95 bits per heavy atom. The maximum atomic E-state index is 12.0. The molecule has 0 N–H and O–H groups in total. The maximum absolute atomic E-state index is 12.0. The van der Waals surface area contributed by atoms with Gasteiger partial charge in [-0.1, -0.05) is 30.8 Å². The van der Waals surface area contributed by atoms with E-state index < -0.39 is 0 Å². The van der Waals surface area contributed by atoms with E-state index in [4.69, 9.17) is 9.72 Å². The Bertz CT molecular complexity index is 697. The number of rotatable bonds is 5. The van der Waals surface area contributed by atoms with Crippen LogP contribution >= 0.6 is 11.8 Å². The number of thioether (sulfide) groups is 1. The summed E-state index contributed by atoms with van der Waals surface area (Å²) in [6.45, 7) is 10.5. The van der Waals surface area contributed by atoms with Crippen LogP contribution in [-0.4, -0.2) is 22.8 Å². The van der Waals surface area contributed by atoms with Gasteiger partial charge >= 0.3 is 5.97 Å². The van der Waals surface area contributed by atoms with Gasteiger partial charge in [-0.15, -0.1) is 0 Å². The molecule has 0 unspecified atom stereocenters. The summed E-state index contributed by atoms with van der Waals surface area (Å²) in [6.07, 6.45) is 0.732. The number of carbonyl (C=O) groups excluding carboxylic acids is 1. The molecule has 1 heterocycles. The molecule has 0 aliphatic rings. The minimum Gasteiger partial charge on any atom is -0.465 e. The van der Waals surface area contributed by atoms with Gasteiger partial charge < -0.3 is 4.74 Å². The lowest BCUT2D eigenvalue weighted by atomic mass is 10.0. The number of fused-ring (bicyclic) bond motifs is 1. The second-order valence-electron chi connectivity index (χ2n) is 5.46. The van der Waals surface area contributed by atoms with Crippen molar-refractivity contribution in [3.63, 3.8) is 0 Å². The second kappa shape index (κ2) is 7.14. The van der Waals surface area contributed by atoms with E-state index in [1.54, 1.807) is 0 Å². The molecule has 3 nitrogen and oxygen atoms in total. The fourth-order valence-electron chi connectivity index (χ4n) is 2.36. The standard InChI is InChI=1S/C18H23NO2S/c1-6-15(18(20)21-7-2)22-17-12(4)10-14-9-8-11(3)13(5)16(14)19-17/h8-10,15H,6-7H2,1-5H3/t15-/m1/s1. The topological polar surface area (TPSA) is 39.2 Å². The van der Waals surface area contributed by atoms with E-state index in [0.29, 0.717) is 6.61 Å². The van der Waals surface area contributed by atoms with Crippen molar-refractivity contribution < 1.29 is 9.53 Å². The molecule has 0 fully saturated rings. The SMILES string of the molecule is CCOC(=O)[C@@H](CC)Sc1nc2c(C)c(C)ccc2cc1C. The van der Waals surface area contributed by atoms with Crippen LogP contribution in [0.3, 0.4) is 0 Å². The molecule has 0 bridgehead atoms. The molecule has 1 atom stereocenters. The summed E-state index contributed by atoms with van der Waals surface area (Å²) < 4.78 is 5.15. The monoisotopic (exact) mass is 317 g/mol. The van der Waals surface area contributed by atoms with Crippen molar-refractivity contribution in [2.45, 2.75) is 51.3 Å². The first kappa shape index (κ1) is 16.8. The third-order valence-electron chi connectivity index (χ3n) is 3.83.